The highest BCUT2D eigenvalue weighted by molar-refractivity contribution is 6.34. The maximum absolute atomic E-state index is 10.7. The fourth-order valence-corrected chi connectivity index (χ4v) is 3.10. The molecule has 1 aromatic carbocycles. The topological polar surface area (TPSA) is 38.7 Å². The van der Waals surface area contributed by atoms with Crippen molar-refractivity contribution >= 4 is 29.3 Å². The number of isocyanates is 1. The highest BCUT2D eigenvalue weighted by Crippen LogP contribution is 2.46. The molecule has 0 radical (unpaired) electrons. The first-order valence-electron chi connectivity index (χ1n) is 5.75. The summed E-state index contributed by atoms with van der Waals surface area (Å²) in [6.45, 7) is 0. The van der Waals surface area contributed by atoms with Crippen molar-refractivity contribution in [1.82, 2.24) is 0 Å². The number of hydrogen-bond donors (Lipinski definition) is 0. The van der Waals surface area contributed by atoms with Crippen LogP contribution in [0.15, 0.2) is 17.1 Å². The van der Waals surface area contributed by atoms with E-state index in [4.69, 9.17) is 27.9 Å². The van der Waals surface area contributed by atoms with Gasteiger partial charge in [-0.3, -0.25) is 0 Å². The smallest absolute Gasteiger partial charge is 0.235 e. The molecule has 0 aromatic heterocycles. The van der Waals surface area contributed by atoms with Crippen LogP contribution in [0.25, 0.3) is 0 Å². The summed E-state index contributed by atoms with van der Waals surface area (Å²) < 4.78 is 5.11. The molecule has 5 heteroatoms. The van der Waals surface area contributed by atoms with Crippen LogP contribution in [-0.4, -0.2) is 13.2 Å². The lowest BCUT2D eigenvalue weighted by Gasteiger charge is -2.24. The molecule has 3 nitrogen and oxygen atoms in total. The maximum atomic E-state index is 10.7. The van der Waals surface area contributed by atoms with Gasteiger partial charge in [-0.2, -0.15) is 4.99 Å². The lowest BCUT2D eigenvalue weighted by atomic mass is 9.89. The van der Waals surface area contributed by atoms with E-state index in [0.717, 1.165) is 31.2 Å². The summed E-state index contributed by atoms with van der Waals surface area (Å²) in [5.74, 6) is 0.522. The predicted octanol–water partition coefficient (Wildman–Crippen LogP) is 4.11. The second-order valence-electron chi connectivity index (χ2n) is 4.41. The number of methoxy groups -OCH3 is 1. The van der Waals surface area contributed by atoms with Crippen molar-refractivity contribution in [1.29, 1.82) is 0 Å². The molecule has 96 valence electrons. The number of carbonyl (C=O) groups excluding carboxylic acids is 1. The van der Waals surface area contributed by atoms with Gasteiger partial charge < -0.3 is 4.74 Å². The fourth-order valence-electron chi connectivity index (χ4n) is 2.53. The van der Waals surface area contributed by atoms with Crippen molar-refractivity contribution in [3.63, 3.8) is 0 Å². The lowest BCUT2D eigenvalue weighted by Crippen LogP contribution is -2.19. The van der Waals surface area contributed by atoms with Gasteiger partial charge in [-0.05, 0) is 18.9 Å². The maximum Gasteiger partial charge on any atom is 0.235 e. The van der Waals surface area contributed by atoms with Gasteiger partial charge in [-0.25, -0.2) is 4.79 Å². The van der Waals surface area contributed by atoms with Gasteiger partial charge in [-0.1, -0.05) is 36.0 Å². The van der Waals surface area contributed by atoms with E-state index in [1.807, 2.05) is 0 Å². The molecular formula is C13H13Cl2NO2. The van der Waals surface area contributed by atoms with Crippen LogP contribution in [0.3, 0.4) is 0 Å². The van der Waals surface area contributed by atoms with Gasteiger partial charge in [0.05, 0.1) is 22.7 Å². The molecule has 0 aliphatic heterocycles. The molecule has 1 aliphatic rings. The number of hydrogen-bond acceptors (Lipinski definition) is 3. The van der Waals surface area contributed by atoms with E-state index >= 15 is 0 Å². The van der Waals surface area contributed by atoms with Gasteiger partial charge in [0.1, 0.15) is 5.75 Å². The third-order valence-electron chi connectivity index (χ3n) is 3.43. The number of halogens is 2. The van der Waals surface area contributed by atoms with Crippen LogP contribution < -0.4 is 4.74 Å². The van der Waals surface area contributed by atoms with Crippen molar-refractivity contribution in [2.45, 2.75) is 31.2 Å². The van der Waals surface area contributed by atoms with Crippen molar-refractivity contribution < 1.29 is 9.53 Å². The number of nitrogens with zero attached hydrogens (tertiary/aromatic N) is 1. The van der Waals surface area contributed by atoms with E-state index in [2.05, 4.69) is 4.99 Å². The van der Waals surface area contributed by atoms with Gasteiger partial charge in [-0.15, -0.1) is 0 Å². The number of benzene rings is 1. The molecule has 1 saturated carbocycles. The first kappa shape index (κ1) is 13.4. The summed E-state index contributed by atoms with van der Waals surface area (Å²) >= 11 is 12.4. The third kappa shape index (κ3) is 2.26. The van der Waals surface area contributed by atoms with Gasteiger partial charge >= 0.3 is 0 Å². The zero-order valence-corrected chi connectivity index (χ0v) is 11.5. The molecule has 18 heavy (non-hydrogen) atoms. The zero-order chi connectivity index (χ0) is 13.2. The number of ether oxygens (including phenoxy) is 1. The Hall–Kier alpha value is -1.02. The van der Waals surface area contributed by atoms with E-state index in [-0.39, 0.29) is 0 Å². The normalized spacial score (nSPS) is 17.3. The quantitative estimate of drug-likeness (QED) is 0.619. The third-order valence-corrected chi connectivity index (χ3v) is 4.04. The van der Waals surface area contributed by atoms with E-state index in [9.17, 15) is 4.79 Å². The Kier molecular flexibility index (Phi) is 3.96. The molecule has 0 bridgehead atoms. The molecule has 0 amide bonds. The zero-order valence-electron chi connectivity index (χ0n) is 10.0. The molecule has 0 N–H and O–H groups in total. The number of rotatable bonds is 3. The van der Waals surface area contributed by atoms with Crippen molar-refractivity contribution in [3.8, 4) is 5.75 Å². The van der Waals surface area contributed by atoms with Gasteiger partial charge in [0.2, 0.25) is 6.08 Å². The Bertz CT molecular complexity index is 504. The van der Waals surface area contributed by atoms with Crippen molar-refractivity contribution in [2.75, 3.05) is 7.11 Å². The van der Waals surface area contributed by atoms with E-state index in [0.29, 0.717) is 15.8 Å². The van der Waals surface area contributed by atoms with E-state index in [1.54, 1.807) is 18.2 Å². The summed E-state index contributed by atoms with van der Waals surface area (Å²) in [7, 11) is 1.53. The molecule has 0 spiro atoms. The molecule has 0 saturated heterocycles. The Balaban J connectivity index is 2.55. The second-order valence-corrected chi connectivity index (χ2v) is 5.22. The van der Waals surface area contributed by atoms with Crippen molar-refractivity contribution in [3.05, 3.63) is 27.7 Å². The monoisotopic (exact) mass is 285 g/mol. The average Bonchev–Trinajstić information content (AvgIpc) is 2.81. The summed E-state index contributed by atoms with van der Waals surface area (Å²) in [5.41, 5.74) is 0.227. The second kappa shape index (κ2) is 5.31. The Morgan fingerprint density at radius 3 is 2.50 bits per heavy atom. The molecular weight excluding hydrogens is 273 g/mol. The minimum atomic E-state index is -0.561. The molecule has 1 fully saturated rings. The largest absolute Gasteiger partial charge is 0.495 e. The fraction of sp³-hybridized carbons (Fsp3) is 0.462. The highest BCUT2D eigenvalue weighted by Gasteiger charge is 2.37. The predicted molar refractivity (Wildman–Crippen MR) is 71.3 cm³/mol. The summed E-state index contributed by atoms with van der Waals surface area (Å²) in [4.78, 5) is 14.7. The van der Waals surface area contributed by atoms with Gasteiger partial charge in [0.25, 0.3) is 0 Å². The lowest BCUT2D eigenvalue weighted by molar-refractivity contribution is 0.413. The Labute approximate surface area is 116 Å². The van der Waals surface area contributed by atoms with Crippen LogP contribution >= 0.6 is 23.2 Å². The van der Waals surface area contributed by atoms with Crippen LogP contribution in [0.4, 0.5) is 0 Å². The van der Waals surface area contributed by atoms with Crippen LogP contribution in [0.5, 0.6) is 5.75 Å². The van der Waals surface area contributed by atoms with Crippen LogP contribution in [0.1, 0.15) is 31.2 Å². The van der Waals surface area contributed by atoms with E-state index in [1.165, 1.54) is 7.11 Å². The molecule has 0 heterocycles. The van der Waals surface area contributed by atoms with Gasteiger partial charge in [0, 0.05) is 11.6 Å². The van der Waals surface area contributed by atoms with Crippen LogP contribution in [0, 0.1) is 0 Å². The minimum Gasteiger partial charge on any atom is -0.495 e. The summed E-state index contributed by atoms with van der Waals surface area (Å²) in [5, 5.41) is 1.00. The molecule has 0 unspecified atom stereocenters. The Morgan fingerprint density at radius 1 is 1.28 bits per heavy atom. The molecule has 2 rings (SSSR count). The Morgan fingerprint density at radius 2 is 1.94 bits per heavy atom. The highest BCUT2D eigenvalue weighted by atomic mass is 35.5. The van der Waals surface area contributed by atoms with Crippen LogP contribution in [0.2, 0.25) is 10.0 Å². The van der Waals surface area contributed by atoms with Crippen LogP contribution in [-0.2, 0) is 10.3 Å². The number of aliphatic imine (C=N–C) groups is 1. The van der Waals surface area contributed by atoms with Crippen molar-refractivity contribution in [2.24, 2.45) is 4.99 Å². The summed E-state index contributed by atoms with van der Waals surface area (Å²) in [6.07, 6.45) is 5.30. The first-order valence-corrected chi connectivity index (χ1v) is 6.51. The van der Waals surface area contributed by atoms with E-state index < -0.39 is 5.54 Å². The average molecular weight is 286 g/mol. The minimum absolute atomic E-state index is 0.476. The SMILES string of the molecule is COc1cc(Cl)c(C2(N=C=O)CCCC2)cc1Cl. The molecule has 1 aliphatic carbocycles. The standard InChI is InChI=1S/C13H13Cl2NO2/c1-18-12-7-10(14)9(6-11(12)15)13(16-8-17)4-2-3-5-13/h6-7H,2-5H2,1H3. The molecule has 0 atom stereocenters. The first-order chi connectivity index (χ1) is 8.63. The summed E-state index contributed by atoms with van der Waals surface area (Å²) in [6, 6.07) is 3.41. The molecule has 1 aromatic rings. The van der Waals surface area contributed by atoms with Gasteiger partial charge in [0.15, 0.2) is 0 Å².